The van der Waals surface area contributed by atoms with Crippen molar-refractivity contribution in [2.24, 2.45) is 0 Å². The van der Waals surface area contributed by atoms with Gasteiger partial charge in [-0.05, 0) is 32.0 Å². The Kier molecular flexibility index (Phi) is 6.53. The number of carbonyl (C=O) groups excluding carboxylic acids is 1. The quantitative estimate of drug-likeness (QED) is 0.560. The van der Waals surface area contributed by atoms with Crippen LogP contribution in [0.2, 0.25) is 10.0 Å². The number of carbonyl (C=O) groups is 1. The first-order valence-electron chi connectivity index (χ1n) is 10.3. The van der Waals surface area contributed by atoms with Crippen molar-refractivity contribution in [1.82, 2.24) is 24.6 Å². The van der Waals surface area contributed by atoms with E-state index in [1.54, 1.807) is 30.3 Å². The number of nitrogens with zero attached hydrogens (tertiary/aromatic N) is 6. The molecule has 3 heterocycles. The van der Waals surface area contributed by atoms with Crippen LogP contribution in [0.3, 0.4) is 0 Å². The number of hydrogen-bond donors (Lipinski definition) is 0. The fourth-order valence-corrected chi connectivity index (χ4v) is 4.28. The SMILES string of the molecule is COc1cc(N2CCN(C(=O)Cn3nc(-c4ncccn4)c(Cl)c3C)C(C)C2)ccc1Cl. The van der Waals surface area contributed by atoms with Crippen molar-refractivity contribution in [1.29, 1.82) is 0 Å². The van der Waals surface area contributed by atoms with Crippen LogP contribution in [-0.4, -0.2) is 63.3 Å². The highest BCUT2D eigenvalue weighted by Gasteiger charge is 2.29. The molecule has 0 N–H and O–H groups in total. The van der Waals surface area contributed by atoms with Gasteiger partial charge < -0.3 is 14.5 Å². The van der Waals surface area contributed by atoms with Crippen LogP contribution in [0.4, 0.5) is 5.69 Å². The second kappa shape index (κ2) is 9.34. The molecular weight excluding hydrogens is 451 g/mol. The highest BCUT2D eigenvalue weighted by atomic mass is 35.5. The summed E-state index contributed by atoms with van der Waals surface area (Å²) < 4.78 is 6.96. The number of methoxy groups -OCH3 is 1. The van der Waals surface area contributed by atoms with Crippen molar-refractivity contribution in [2.45, 2.75) is 26.4 Å². The summed E-state index contributed by atoms with van der Waals surface area (Å²) in [5.41, 5.74) is 2.21. The Morgan fingerprint density at radius 2 is 1.97 bits per heavy atom. The van der Waals surface area contributed by atoms with E-state index in [0.717, 1.165) is 5.69 Å². The number of benzene rings is 1. The molecule has 0 saturated carbocycles. The maximum atomic E-state index is 13.1. The molecule has 1 aliphatic heterocycles. The highest BCUT2D eigenvalue weighted by Crippen LogP contribution is 2.31. The maximum Gasteiger partial charge on any atom is 0.244 e. The summed E-state index contributed by atoms with van der Waals surface area (Å²) in [5, 5.41) is 5.54. The Morgan fingerprint density at radius 1 is 1.22 bits per heavy atom. The molecule has 10 heteroatoms. The van der Waals surface area contributed by atoms with Gasteiger partial charge in [0.1, 0.15) is 18.0 Å². The molecule has 1 unspecified atom stereocenters. The van der Waals surface area contributed by atoms with Gasteiger partial charge in [-0.1, -0.05) is 23.2 Å². The first kappa shape index (κ1) is 22.4. The van der Waals surface area contributed by atoms with Crippen molar-refractivity contribution in [3.8, 4) is 17.3 Å². The number of aromatic nitrogens is 4. The Labute approximate surface area is 196 Å². The fourth-order valence-electron chi connectivity index (χ4n) is 3.87. The predicted molar refractivity (Wildman–Crippen MR) is 124 cm³/mol. The minimum absolute atomic E-state index is 0.00590. The van der Waals surface area contributed by atoms with E-state index in [-0.39, 0.29) is 18.5 Å². The van der Waals surface area contributed by atoms with Crippen molar-refractivity contribution in [2.75, 3.05) is 31.6 Å². The first-order chi connectivity index (χ1) is 15.4. The van der Waals surface area contributed by atoms with Gasteiger partial charge in [0.15, 0.2) is 5.82 Å². The van der Waals surface area contributed by atoms with E-state index in [0.29, 0.717) is 52.6 Å². The lowest BCUT2D eigenvalue weighted by Crippen LogP contribution is -2.54. The first-order valence-corrected chi connectivity index (χ1v) is 11.0. The smallest absolute Gasteiger partial charge is 0.244 e. The van der Waals surface area contributed by atoms with E-state index in [1.165, 1.54) is 0 Å². The zero-order chi connectivity index (χ0) is 22.8. The monoisotopic (exact) mass is 474 g/mol. The minimum atomic E-state index is -0.00590. The van der Waals surface area contributed by atoms with E-state index in [2.05, 4.69) is 20.0 Å². The van der Waals surface area contributed by atoms with Crippen LogP contribution in [0, 0.1) is 6.92 Å². The highest BCUT2D eigenvalue weighted by molar-refractivity contribution is 6.33. The molecule has 1 saturated heterocycles. The lowest BCUT2D eigenvalue weighted by Gasteiger charge is -2.41. The van der Waals surface area contributed by atoms with Gasteiger partial charge in [0.2, 0.25) is 5.91 Å². The summed E-state index contributed by atoms with van der Waals surface area (Å²) in [6.07, 6.45) is 3.27. The molecule has 0 bridgehead atoms. The molecule has 4 rings (SSSR count). The average molecular weight is 475 g/mol. The standard InChI is InChI=1S/C22H24Cl2N6O2/c1-14-12-28(16-5-6-17(23)18(11-16)32-3)9-10-29(14)19(31)13-30-15(2)20(24)21(27-30)22-25-7-4-8-26-22/h4-8,11,14H,9-10,12-13H2,1-3H3. The van der Waals surface area contributed by atoms with Crippen LogP contribution in [0.25, 0.3) is 11.5 Å². The van der Waals surface area contributed by atoms with Gasteiger partial charge >= 0.3 is 0 Å². The largest absolute Gasteiger partial charge is 0.495 e. The Balaban J connectivity index is 1.45. The fraction of sp³-hybridized carbons (Fsp3) is 0.364. The molecule has 1 fully saturated rings. The van der Waals surface area contributed by atoms with Gasteiger partial charge in [0, 0.05) is 49.8 Å². The second-order valence-electron chi connectivity index (χ2n) is 7.68. The summed E-state index contributed by atoms with van der Waals surface area (Å²) in [7, 11) is 1.60. The molecule has 2 aromatic heterocycles. The van der Waals surface area contributed by atoms with Gasteiger partial charge in [-0.25, -0.2) is 9.97 Å². The van der Waals surface area contributed by atoms with E-state index >= 15 is 0 Å². The third kappa shape index (κ3) is 4.38. The predicted octanol–water partition coefficient (Wildman–Crippen LogP) is 3.70. The third-order valence-corrected chi connectivity index (χ3v) is 6.41. The zero-order valence-corrected chi connectivity index (χ0v) is 19.6. The van der Waals surface area contributed by atoms with Crippen molar-refractivity contribution >= 4 is 34.8 Å². The van der Waals surface area contributed by atoms with Gasteiger partial charge in [-0.2, -0.15) is 5.10 Å². The maximum absolute atomic E-state index is 13.1. The van der Waals surface area contributed by atoms with Crippen LogP contribution in [0.15, 0.2) is 36.7 Å². The van der Waals surface area contributed by atoms with Crippen molar-refractivity contribution in [3.63, 3.8) is 0 Å². The lowest BCUT2D eigenvalue weighted by atomic mass is 10.1. The Hall–Kier alpha value is -2.84. The van der Waals surface area contributed by atoms with Crippen LogP contribution >= 0.6 is 23.2 Å². The summed E-state index contributed by atoms with van der Waals surface area (Å²) in [4.78, 5) is 25.6. The van der Waals surface area contributed by atoms with Crippen LogP contribution in [0.1, 0.15) is 12.6 Å². The Morgan fingerprint density at radius 3 is 2.66 bits per heavy atom. The summed E-state index contributed by atoms with van der Waals surface area (Å²) in [6, 6.07) is 7.48. The lowest BCUT2D eigenvalue weighted by molar-refractivity contribution is -0.134. The van der Waals surface area contributed by atoms with Gasteiger partial charge in [-0.3, -0.25) is 9.48 Å². The molecule has 0 spiro atoms. The van der Waals surface area contributed by atoms with E-state index < -0.39 is 0 Å². The van der Waals surface area contributed by atoms with Crippen molar-refractivity contribution < 1.29 is 9.53 Å². The minimum Gasteiger partial charge on any atom is -0.495 e. The number of amides is 1. The van der Waals surface area contributed by atoms with Gasteiger partial charge in [0.05, 0.1) is 22.8 Å². The van der Waals surface area contributed by atoms with E-state index in [9.17, 15) is 4.79 Å². The molecule has 1 aliphatic rings. The van der Waals surface area contributed by atoms with E-state index in [4.69, 9.17) is 27.9 Å². The second-order valence-corrected chi connectivity index (χ2v) is 8.46. The molecule has 168 valence electrons. The van der Waals surface area contributed by atoms with Crippen LogP contribution in [-0.2, 0) is 11.3 Å². The molecule has 1 atom stereocenters. The topological polar surface area (TPSA) is 76.4 Å². The zero-order valence-electron chi connectivity index (χ0n) is 18.1. The molecule has 1 amide bonds. The van der Waals surface area contributed by atoms with Crippen LogP contribution in [0.5, 0.6) is 5.75 Å². The Bertz CT molecular complexity index is 1120. The number of rotatable bonds is 5. The van der Waals surface area contributed by atoms with E-state index in [1.807, 2.05) is 36.9 Å². The molecular formula is C22H24Cl2N6O2. The number of anilines is 1. The van der Waals surface area contributed by atoms with Crippen LogP contribution < -0.4 is 9.64 Å². The number of halogens is 2. The molecule has 3 aromatic rings. The third-order valence-electron chi connectivity index (χ3n) is 5.64. The summed E-state index contributed by atoms with van der Waals surface area (Å²) in [5.74, 6) is 1.07. The summed E-state index contributed by atoms with van der Waals surface area (Å²) in [6.45, 7) is 6.01. The normalized spacial score (nSPS) is 16.3. The number of ether oxygens (including phenoxy) is 1. The number of piperazine rings is 1. The molecule has 8 nitrogen and oxygen atoms in total. The van der Waals surface area contributed by atoms with Gasteiger partial charge in [-0.15, -0.1) is 0 Å². The van der Waals surface area contributed by atoms with Gasteiger partial charge in [0.25, 0.3) is 0 Å². The molecule has 1 aromatic carbocycles. The molecule has 32 heavy (non-hydrogen) atoms. The summed E-state index contributed by atoms with van der Waals surface area (Å²) >= 11 is 12.6. The number of hydrogen-bond acceptors (Lipinski definition) is 6. The molecule has 0 aliphatic carbocycles. The average Bonchev–Trinajstić information content (AvgIpc) is 3.08. The van der Waals surface area contributed by atoms with Crippen molar-refractivity contribution in [3.05, 3.63) is 52.4 Å². The molecule has 0 radical (unpaired) electrons.